The van der Waals surface area contributed by atoms with Crippen LogP contribution in [0.5, 0.6) is 0 Å². The van der Waals surface area contributed by atoms with Gasteiger partial charge in [0.1, 0.15) is 0 Å². The van der Waals surface area contributed by atoms with Crippen molar-refractivity contribution in [2.45, 2.75) is 19.4 Å². The average Bonchev–Trinajstić information content (AvgIpc) is 2.86. The number of carbonyl (C=O) groups is 2. The number of amides is 1. The van der Waals surface area contributed by atoms with Gasteiger partial charge in [0.2, 0.25) is 0 Å². The van der Waals surface area contributed by atoms with Crippen LogP contribution < -0.4 is 0 Å². The van der Waals surface area contributed by atoms with Crippen LogP contribution in [-0.4, -0.2) is 28.9 Å². The van der Waals surface area contributed by atoms with Gasteiger partial charge in [-0.3, -0.25) is 9.69 Å². The van der Waals surface area contributed by atoms with Crippen LogP contribution in [0.3, 0.4) is 0 Å². The third-order valence-corrected chi connectivity index (χ3v) is 5.19. The molecule has 1 atom stereocenters. The summed E-state index contributed by atoms with van der Waals surface area (Å²) in [5, 5.41) is 10.1. The summed E-state index contributed by atoms with van der Waals surface area (Å²) in [4.78, 5) is 25.6. The van der Waals surface area contributed by atoms with Gasteiger partial charge in [-0.2, -0.15) is 0 Å². The molecule has 1 aliphatic heterocycles. The Labute approximate surface area is 136 Å². The standard InChI is InChI=1S/C16H14ClNO3S/c1-9-13(7-12(8-19)22-9)15-14-6-11(17)3-2-10(14)4-5-18(15)16(20)21/h2-3,6-8,15H,4-5H2,1H3,(H,20,21). The molecule has 0 bridgehead atoms. The average molecular weight is 336 g/mol. The first-order valence-electron chi connectivity index (χ1n) is 6.84. The van der Waals surface area contributed by atoms with Crippen molar-refractivity contribution in [1.82, 2.24) is 4.90 Å². The normalized spacial score (nSPS) is 17.2. The summed E-state index contributed by atoms with van der Waals surface area (Å²) >= 11 is 7.49. The fourth-order valence-electron chi connectivity index (χ4n) is 2.98. The first-order valence-corrected chi connectivity index (χ1v) is 8.04. The number of carboxylic acid groups (broad SMARTS) is 1. The van der Waals surface area contributed by atoms with E-state index in [0.29, 0.717) is 22.9 Å². The molecular weight excluding hydrogens is 322 g/mol. The summed E-state index contributed by atoms with van der Waals surface area (Å²) in [7, 11) is 0. The molecule has 0 saturated heterocycles. The van der Waals surface area contributed by atoms with E-state index in [-0.39, 0.29) is 0 Å². The lowest BCUT2D eigenvalue weighted by atomic mass is 9.88. The van der Waals surface area contributed by atoms with E-state index < -0.39 is 12.1 Å². The quantitative estimate of drug-likeness (QED) is 0.839. The Bertz CT molecular complexity index is 756. The zero-order chi connectivity index (χ0) is 15.9. The second kappa shape index (κ2) is 5.74. The van der Waals surface area contributed by atoms with Gasteiger partial charge in [-0.25, -0.2) is 4.79 Å². The van der Waals surface area contributed by atoms with Crippen LogP contribution in [0.4, 0.5) is 4.79 Å². The Kier molecular flexibility index (Phi) is 3.93. The van der Waals surface area contributed by atoms with Crippen molar-refractivity contribution in [2.75, 3.05) is 6.54 Å². The van der Waals surface area contributed by atoms with Crippen LogP contribution in [0.1, 0.15) is 37.3 Å². The van der Waals surface area contributed by atoms with Crippen molar-refractivity contribution in [3.8, 4) is 0 Å². The molecule has 1 N–H and O–H groups in total. The van der Waals surface area contributed by atoms with Gasteiger partial charge in [0.15, 0.2) is 6.29 Å². The molecule has 22 heavy (non-hydrogen) atoms. The van der Waals surface area contributed by atoms with Gasteiger partial charge in [-0.15, -0.1) is 11.3 Å². The Balaban J connectivity index is 2.19. The largest absolute Gasteiger partial charge is 0.465 e. The monoisotopic (exact) mass is 335 g/mol. The summed E-state index contributed by atoms with van der Waals surface area (Å²) in [6, 6.07) is 6.97. The highest BCUT2D eigenvalue weighted by Crippen LogP contribution is 2.40. The number of fused-ring (bicyclic) bond motifs is 1. The highest BCUT2D eigenvalue weighted by Gasteiger charge is 2.33. The van der Waals surface area contributed by atoms with Crippen LogP contribution in [0.15, 0.2) is 24.3 Å². The second-order valence-electron chi connectivity index (χ2n) is 5.25. The number of rotatable bonds is 2. The van der Waals surface area contributed by atoms with Crippen LogP contribution in [0.25, 0.3) is 0 Å². The molecule has 0 fully saturated rings. The molecule has 1 unspecified atom stereocenters. The first-order chi connectivity index (χ1) is 10.5. The number of benzene rings is 1. The first kappa shape index (κ1) is 15.1. The van der Waals surface area contributed by atoms with Crippen molar-refractivity contribution in [1.29, 1.82) is 0 Å². The molecule has 6 heteroatoms. The maximum absolute atomic E-state index is 11.6. The number of hydrogen-bond donors (Lipinski definition) is 1. The van der Waals surface area contributed by atoms with Crippen molar-refractivity contribution in [2.24, 2.45) is 0 Å². The molecule has 1 amide bonds. The number of aldehydes is 1. The van der Waals surface area contributed by atoms with Crippen LogP contribution in [0.2, 0.25) is 5.02 Å². The lowest BCUT2D eigenvalue weighted by Crippen LogP contribution is -2.39. The van der Waals surface area contributed by atoms with Crippen molar-refractivity contribution in [3.63, 3.8) is 0 Å². The highest BCUT2D eigenvalue weighted by atomic mass is 35.5. The fraction of sp³-hybridized carbons (Fsp3) is 0.250. The molecule has 0 radical (unpaired) electrons. The lowest BCUT2D eigenvalue weighted by Gasteiger charge is -2.35. The molecule has 0 aliphatic carbocycles. The molecule has 114 valence electrons. The van der Waals surface area contributed by atoms with E-state index in [4.69, 9.17) is 11.6 Å². The van der Waals surface area contributed by atoms with Gasteiger partial charge in [0, 0.05) is 16.4 Å². The van der Waals surface area contributed by atoms with Crippen LogP contribution in [-0.2, 0) is 6.42 Å². The lowest BCUT2D eigenvalue weighted by molar-refractivity contribution is 0.112. The fourth-order valence-corrected chi connectivity index (χ4v) is 4.03. The van der Waals surface area contributed by atoms with Gasteiger partial charge < -0.3 is 5.11 Å². The highest BCUT2D eigenvalue weighted by molar-refractivity contribution is 7.13. The number of thiophene rings is 1. The van der Waals surface area contributed by atoms with Gasteiger partial charge in [0.05, 0.1) is 10.9 Å². The van der Waals surface area contributed by atoms with Crippen LogP contribution in [0, 0.1) is 6.92 Å². The summed E-state index contributed by atoms with van der Waals surface area (Å²) in [6.07, 6.45) is 0.501. The van der Waals surface area contributed by atoms with Gasteiger partial charge in [-0.05, 0) is 48.2 Å². The third-order valence-electron chi connectivity index (χ3n) is 3.97. The predicted molar refractivity (Wildman–Crippen MR) is 86.2 cm³/mol. The van der Waals surface area contributed by atoms with E-state index in [1.807, 2.05) is 25.1 Å². The van der Waals surface area contributed by atoms with Gasteiger partial charge >= 0.3 is 6.09 Å². The molecule has 2 heterocycles. The molecule has 1 aromatic carbocycles. The number of carbonyl (C=O) groups excluding carboxylic acids is 1. The van der Waals surface area contributed by atoms with Gasteiger partial charge in [0.25, 0.3) is 0 Å². The molecular formula is C16H14ClNO3S. The van der Waals surface area contributed by atoms with Crippen LogP contribution >= 0.6 is 22.9 Å². The van der Waals surface area contributed by atoms with Crippen molar-refractivity contribution in [3.05, 3.63) is 55.7 Å². The van der Waals surface area contributed by atoms with Crippen molar-refractivity contribution < 1.29 is 14.7 Å². The van der Waals surface area contributed by atoms with E-state index in [1.54, 1.807) is 6.07 Å². The second-order valence-corrected chi connectivity index (χ2v) is 6.97. The number of nitrogens with zero attached hydrogens (tertiary/aromatic N) is 1. The van der Waals surface area contributed by atoms with Gasteiger partial charge in [-0.1, -0.05) is 17.7 Å². The molecule has 0 spiro atoms. The minimum atomic E-state index is -0.964. The number of hydrogen-bond acceptors (Lipinski definition) is 3. The topological polar surface area (TPSA) is 57.6 Å². The minimum absolute atomic E-state index is 0.412. The summed E-state index contributed by atoms with van der Waals surface area (Å²) in [5.41, 5.74) is 2.86. The summed E-state index contributed by atoms with van der Waals surface area (Å²) in [5.74, 6) is 0. The van der Waals surface area contributed by atoms with E-state index in [0.717, 1.165) is 27.9 Å². The smallest absolute Gasteiger partial charge is 0.408 e. The predicted octanol–water partition coefficient (Wildman–Crippen LogP) is 4.15. The number of aryl methyl sites for hydroxylation is 1. The van der Waals surface area contributed by atoms with E-state index >= 15 is 0 Å². The zero-order valence-corrected chi connectivity index (χ0v) is 13.4. The molecule has 1 aliphatic rings. The van der Waals surface area contributed by atoms with E-state index in [2.05, 4.69) is 0 Å². The maximum Gasteiger partial charge on any atom is 0.408 e. The maximum atomic E-state index is 11.6. The van der Waals surface area contributed by atoms with E-state index in [1.165, 1.54) is 16.2 Å². The molecule has 4 nitrogen and oxygen atoms in total. The molecule has 3 rings (SSSR count). The van der Waals surface area contributed by atoms with Crippen molar-refractivity contribution >= 4 is 35.3 Å². The summed E-state index contributed by atoms with van der Waals surface area (Å²) in [6.45, 7) is 2.34. The van der Waals surface area contributed by atoms with E-state index in [9.17, 15) is 14.7 Å². The third kappa shape index (κ3) is 2.51. The minimum Gasteiger partial charge on any atom is -0.465 e. The zero-order valence-electron chi connectivity index (χ0n) is 11.9. The Hall–Kier alpha value is -1.85. The molecule has 1 aromatic heterocycles. The Morgan fingerprint density at radius 1 is 1.41 bits per heavy atom. The molecule has 0 saturated carbocycles. The summed E-state index contributed by atoms with van der Waals surface area (Å²) < 4.78 is 0. The SMILES string of the molecule is Cc1sc(C=O)cc1C1c2cc(Cl)ccc2CCN1C(=O)O. The Morgan fingerprint density at radius 3 is 2.82 bits per heavy atom. The number of halogens is 1. The molecule has 2 aromatic rings. The Morgan fingerprint density at radius 2 is 2.18 bits per heavy atom.